The van der Waals surface area contributed by atoms with Gasteiger partial charge in [0.15, 0.2) is 11.6 Å². The molecule has 1 saturated carbocycles. The molecule has 8 nitrogen and oxygen atoms in total. The maximum Gasteiger partial charge on any atom is 0.249 e. The van der Waals surface area contributed by atoms with Crippen LogP contribution in [-0.4, -0.2) is 54.9 Å². The Bertz CT molecular complexity index is 1030. The zero-order valence-corrected chi connectivity index (χ0v) is 19.5. The van der Waals surface area contributed by atoms with E-state index in [2.05, 4.69) is 16.8 Å². The Morgan fingerprint density at radius 1 is 1.28 bits per heavy atom. The van der Waals surface area contributed by atoms with Gasteiger partial charge < -0.3 is 19.4 Å². The topological polar surface area (TPSA) is 78.9 Å². The van der Waals surface area contributed by atoms with Crippen LogP contribution in [0, 0.1) is 0 Å². The maximum absolute atomic E-state index is 13.1. The molecule has 1 amide bonds. The number of amides is 1. The summed E-state index contributed by atoms with van der Waals surface area (Å²) in [7, 11) is 5.26. The van der Waals surface area contributed by atoms with Crippen molar-refractivity contribution >= 4 is 34.8 Å². The zero-order chi connectivity index (χ0) is 23.0. The molecule has 0 radical (unpaired) electrons. The summed E-state index contributed by atoms with van der Waals surface area (Å²) in [5, 5.41) is 0. The molecule has 2 heterocycles. The van der Waals surface area contributed by atoms with Gasteiger partial charge in [0, 0.05) is 25.7 Å². The molecule has 1 aromatic heterocycles. The summed E-state index contributed by atoms with van der Waals surface area (Å²) in [5.41, 5.74) is 2.09. The van der Waals surface area contributed by atoms with Crippen molar-refractivity contribution in [2.45, 2.75) is 58.0 Å². The lowest BCUT2D eigenvalue weighted by atomic mass is 10.0. The van der Waals surface area contributed by atoms with E-state index in [1.807, 2.05) is 18.0 Å². The number of methoxy groups -OCH3 is 1. The van der Waals surface area contributed by atoms with Gasteiger partial charge in [0.1, 0.15) is 17.5 Å². The van der Waals surface area contributed by atoms with Gasteiger partial charge in [0.2, 0.25) is 11.9 Å². The lowest BCUT2D eigenvalue weighted by Gasteiger charge is -2.43. The number of likely N-dealkylation sites (N-methyl/N-ethyl adjacent to an activating group) is 1. The van der Waals surface area contributed by atoms with Crippen LogP contribution in [0.2, 0.25) is 0 Å². The predicted octanol–water partition coefficient (Wildman–Crippen LogP) is 3.96. The van der Waals surface area contributed by atoms with Gasteiger partial charge in [-0.25, -0.2) is 4.98 Å². The van der Waals surface area contributed by atoms with Crippen molar-refractivity contribution in [1.82, 2.24) is 9.97 Å². The second-order valence-electron chi connectivity index (χ2n) is 8.55. The van der Waals surface area contributed by atoms with E-state index in [0.29, 0.717) is 23.3 Å². The van der Waals surface area contributed by atoms with Crippen molar-refractivity contribution in [3.8, 4) is 5.75 Å². The van der Waals surface area contributed by atoms with Crippen LogP contribution in [0.15, 0.2) is 24.4 Å². The minimum absolute atomic E-state index is 0.0203. The number of ether oxygens (including phenoxy) is 1. The molecule has 1 atom stereocenters. The Labute approximate surface area is 189 Å². The Morgan fingerprint density at radius 3 is 2.62 bits per heavy atom. The van der Waals surface area contributed by atoms with E-state index in [1.54, 1.807) is 37.4 Å². The van der Waals surface area contributed by atoms with E-state index in [4.69, 9.17) is 9.72 Å². The average molecular weight is 438 g/mol. The molecule has 2 aromatic rings. The van der Waals surface area contributed by atoms with Gasteiger partial charge in [-0.2, -0.15) is 4.98 Å². The average Bonchev–Trinajstić information content (AvgIpc) is 3.34. The summed E-state index contributed by atoms with van der Waals surface area (Å²) in [6, 6.07) is 5.45. The van der Waals surface area contributed by atoms with Gasteiger partial charge in [0.05, 0.1) is 19.0 Å². The van der Waals surface area contributed by atoms with E-state index < -0.39 is 0 Å². The fourth-order valence-electron chi connectivity index (χ4n) is 4.82. The second kappa shape index (κ2) is 8.76. The zero-order valence-electron chi connectivity index (χ0n) is 19.5. The third kappa shape index (κ3) is 3.67. The molecule has 0 spiro atoms. The molecular formula is C24H31N5O3. The summed E-state index contributed by atoms with van der Waals surface area (Å²) in [4.78, 5) is 40.1. The van der Waals surface area contributed by atoms with Crippen LogP contribution in [0.4, 0.5) is 23.1 Å². The highest BCUT2D eigenvalue weighted by Crippen LogP contribution is 2.41. The van der Waals surface area contributed by atoms with Crippen molar-refractivity contribution in [2.24, 2.45) is 0 Å². The molecule has 8 heteroatoms. The normalized spacial score (nSPS) is 18.7. The van der Waals surface area contributed by atoms with Gasteiger partial charge in [-0.05, 0) is 44.4 Å². The van der Waals surface area contributed by atoms with E-state index in [1.165, 1.54) is 19.8 Å². The SMILES string of the molecule is CC[C@@H]1C(=O)N(C)c2cnc(N(C)c3ccc(C(C)=O)cc3OC)nc2N1C1CCCC1. The maximum atomic E-state index is 13.1. The minimum atomic E-state index is -0.215. The number of ketones is 1. The third-order valence-electron chi connectivity index (χ3n) is 6.65. The lowest BCUT2D eigenvalue weighted by molar-refractivity contribution is -0.120. The van der Waals surface area contributed by atoms with Gasteiger partial charge in [0.25, 0.3) is 0 Å². The number of rotatable bonds is 6. The molecule has 1 aliphatic carbocycles. The van der Waals surface area contributed by atoms with E-state index >= 15 is 0 Å². The molecule has 0 N–H and O–H groups in total. The lowest BCUT2D eigenvalue weighted by Crippen LogP contribution is -2.55. The fourth-order valence-corrected chi connectivity index (χ4v) is 4.82. The van der Waals surface area contributed by atoms with Crippen LogP contribution in [-0.2, 0) is 4.79 Å². The Kier molecular flexibility index (Phi) is 6.04. The molecular weight excluding hydrogens is 406 g/mol. The van der Waals surface area contributed by atoms with Gasteiger partial charge >= 0.3 is 0 Å². The molecule has 1 aliphatic heterocycles. The number of anilines is 4. The first-order chi connectivity index (χ1) is 15.4. The van der Waals surface area contributed by atoms with E-state index in [0.717, 1.165) is 36.5 Å². The molecule has 2 aliphatic rings. The van der Waals surface area contributed by atoms with Crippen LogP contribution in [0.5, 0.6) is 5.75 Å². The van der Waals surface area contributed by atoms with Gasteiger partial charge in [-0.1, -0.05) is 19.8 Å². The largest absolute Gasteiger partial charge is 0.495 e. The fraction of sp³-hybridized carbons (Fsp3) is 0.500. The Morgan fingerprint density at radius 2 is 2.00 bits per heavy atom. The van der Waals surface area contributed by atoms with Crippen LogP contribution < -0.4 is 19.4 Å². The molecule has 0 unspecified atom stereocenters. The molecule has 32 heavy (non-hydrogen) atoms. The predicted molar refractivity (Wildman–Crippen MR) is 125 cm³/mol. The highest BCUT2D eigenvalue weighted by Gasteiger charge is 2.41. The number of nitrogens with zero attached hydrogens (tertiary/aromatic N) is 5. The third-order valence-corrected chi connectivity index (χ3v) is 6.65. The van der Waals surface area contributed by atoms with Crippen molar-refractivity contribution in [3.63, 3.8) is 0 Å². The Hall–Kier alpha value is -3.16. The number of benzene rings is 1. The van der Waals surface area contributed by atoms with Crippen LogP contribution in [0.3, 0.4) is 0 Å². The summed E-state index contributed by atoms with van der Waals surface area (Å²) in [6.07, 6.45) is 6.96. The van der Waals surface area contributed by atoms with E-state index in [9.17, 15) is 9.59 Å². The second-order valence-corrected chi connectivity index (χ2v) is 8.55. The monoisotopic (exact) mass is 437 g/mol. The van der Waals surface area contributed by atoms with Crippen molar-refractivity contribution in [3.05, 3.63) is 30.0 Å². The number of carbonyl (C=O) groups is 2. The highest BCUT2D eigenvalue weighted by molar-refractivity contribution is 6.04. The summed E-state index contributed by atoms with van der Waals surface area (Å²) < 4.78 is 5.55. The van der Waals surface area contributed by atoms with Gasteiger partial charge in [-0.3, -0.25) is 9.59 Å². The summed E-state index contributed by atoms with van der Waals surface area (Å²) >= 11 is 0. The first-order valence-corrected chi connectivity index (χ1v) is 11.2. The quantitative estimate of drug-likeness (QED) is 0.633. The molecule has 0 saturated heterocycles. The van der Waals surface area contributed by atoms with Crippen LogP contribution >= 0.6 is 0 Å². The molecule has 1 aromatic carbocycles. The summed E-state index contributed by atoms with van der Waals surface area (Å²) in [5.74, 6) is 1.97. The number of fused-ring (bicyclic) bond motifs is 1. The van der Waals surface area contributed by atoms with E-state index in [-0.39, 0.29) is 17.7 Å². The first kappa shape index (κ1) is 22.0. The smallest absolute Gasteiger partial charge is 0.249 e. The molecule has 4 rings (SSSR count). The van der Waals surface area contributed by atoms with Gasteiger partial charge in [-0.15, -0.1) is 0 Å². The van der Waals surface area contributed by atoms with Crippen molar-refractivity contribution in [2.75, 3.05) is 35.9 Å². The van der Waals surface area contributed by atoms with Crippen molar-refractivity contribution in [1.29, 1.82) is 0 Å². The summed E-state index contributed by atoms with van der Waals surface area (Å²) in [6.45, 7) is 3.59. The van der Waals surface area contributed by atoms with Crippen molar-refractivity contribution < 1.29 is 14.3 Å². The Balaban J connectivity index is 1.78. The number of hydrogen-bond donors (Lipinski definition) is 0. The molecule has 170 valence electrons. The number of Topliss-reactive ketones (excluding diaryl/α,β-unsaturated/α-hetero) is 1. The van der Waals surface area contributed by atoms with Crippen LogP contribution in [0.1, 0.15) is 56.3 Å². The number of hydrogen-bond acceptors (Lipinski definition) is 7. The van der Waals surface area contributed by atoms with Crippen LogP contribution in [0.25, 0.3) is 0 Å². The highest BCUT2D eigenvalue weighted by atomic mass is 16.5. The number of carbonyl (C=O) groups excluding carboxylic acids is 2. The number of aromatic nitrogens is 2. The minimum Gasteiger partial charge on any atom is -0.495 e. The first-order valence-electron chi connectivity index (χ1n) is 11.2. The molecule has 1 fully saturated rings. The molecule has 0 bridgehead atoms. The standard InChI is InChI=1S/C24H31N5O3/c1-6-18-23(31)27(3)20-14-25-24(26-22(20)29(18)17-9-7-8-10-17)28(4)19-12-11-16(15(2)30)13-21(19)32-5/h11-14,17-18H,6-10H2,1-5H3/t18-/m1/s1.